The van der Waals surface area contributed by atoms with Gasteiger partial charge in [0.15, 0.2) is 0 Å². The number of hydrogen-bond donors (Lipinski definition) is 0. The van der Waals surface area contributed by atoms with Gasteiger partial charge in [0.2, 0.25) is 0 Å². The Balaban J connectivity index is 1.67. The van der Waals surface area contributed by atoms with Crippen LogP contribution in [-0.4, -0.2) is 173 Å². The molecule has 0 saturated heterocycles. The standard InChI is InChI=1S/C34H58O16S/c1-3-34(35)49-30-28-47-26-24-45-22-20-43-18-16-41-14-12-39-10-8-38-9-11-40-13-15-42-17-19-44-21-23-46-25-27-48-29-31-50-51(36,37)33-6-4-32(2)5-7-33/h3-7H,1,8-31H2,2H3. The van der Waals surface area contributed by atoms with Crippen molar-refractivity contribution in [1.82, 2.24) is 0 Å². The van der Waals surface area contributed by atoms with E-state index in [0.29, 0.717) is 139 Å². The van der Waals surface area contributed by atoms with E-state index >= 15 is 0 Å². The van der Waals surface area contributed by atoms with Crippen molar-refractivity contribution < 1.29 is 74.2 Å². The predicted octanol–water partition coefficient (Wildman–Crippen LogP) is 1.61. The molecule has 0 aromatic heterocycles. The zero-order chi connectivity index (χ0) is 36.9. The quantitative estimate of drug-likeness (QED) is 0.0411. The molecule has 0 amide bonds. The minimum atomic E-state index is -3.78. The topological polar surface area (TPSA) is 171 Å². The summed E-state index contributed by atoms with van der Waals surface area (Å²) in [7, 11) is -3.78. The molecule has 0 aliphatic rings. The second-order valence-corrected chi connectivity index (χ2v) is 11.8. The van der Waals surface area contributed by atoms with Crippen LogP contribution in [0.4, 0.5) is 0 Å². The molecule has 0 aliphatic heterocycles. The van der Waals surface area contributed by atoms with Gasteiger partial charge in [-0.3, -0.25) is 4.18 Å². The summed E-state index contributed by atoms with van der Waals surface area (Å²) in [6.45, 7) is 14.7. The Morgan fingerprint density at radius 2 is 0.725 bits per heavy atom. The maximum atomic E-state index is 12.1. The monoisotopic (exact) mass is 754 g/mol. The van der Waals surface area contributed by atoms with Gasteiger partial charge < -0.3 is 56.8 Å². The highest BCUT2D eigenvalue weighted by atomic mass is 32.2. The van der Waals surface area contributed by atoms with Crippen LogP contribution in [0.1, 0.15) is 5.56 Å². The Hall–Kier alpha value is -2.10. The summed E-state index contributed by atoms with van der Waals surface area (Å²) in [4.78, 5) is 11.0. The van der Waals surface area contributed by atoms with E-state index in [4.69, 9.17) is 61.0 Å². The van der Waals surface area contributed by atoms with E-state index in [1.807, 2.05) is 6.92 Å². The van der Waals surface area contributed by atoms with E-state index in [1.165, 1.54) is 12.1 Å². The van der Waals surface area contributed by atoms with Gasteiger partial charge >= 0.3 is 5.97 Å². The molecule has 0 atom stereocenters. The van der Waals surface area contributed by atoms with Crippen LogP contribution in [-0.2, 0) is 75.9 Å². The smallest absolute Gasteiger partial charge is 0.330 e. The third-order valence-electron chi connectivity index (χ3n) is 6.13. The van der Waals surface area contributed by atoms with Gasteiger partial charge in [0, 0.05) is 6.08 Å². The first-order chi connectivity index (χ1) is 25.0. The summed E-state index contributed by atoms with van der Waals surface area (Å²) in [5.74, 6) is -0.466. The van der Waals surface area contributed by atoms with E-state index in [-0.39, 0.29) is 24.7 Å². The van der Waals surface area contributed by atoms with Crippen molar-refractivity contribution >= 4 is 16.1 Å². The van der Waals surface area contributed by atoms with Crippen molar-refractivity contribution in [2.24, 2.45) is 0 Å². The Morgan fingerprint density at radius 1 is 0.471 bits per heavy atom. The maximum absolute atomic E-state index is 12.1. The van der Waals surface area contributed by atoms with Gasteiger partial charge in [-0.05, 0) is 19.1 Å². The summed E-state index contributed by atoms with van der Waals surface area (Å²) in [5, 5.41) is 0. The van der Waals surface area contributed by atoms with Crippen LogP contribution in [0.25, 0.3) is 0 Å². The average Bonchev–Trinajstić information content (AvgIpc) is 3.13. The fourth-order valence-electron chi connectivity index (χ4n) is 3.54. The lowest BCUT2D eigenvalue weighted by Gasteiger charge is -2.09. The van der Waals surface area contributed by atoms with Crippen molar-refractivity contribution in [3.05, 3.63) is 42.5 Å². The minimum absolute atomic E-state index is 0.0651. The van der Waals surface area contributed by atoms with Crippen LogP contribution in [0.15, 0.2) is 41.8 Å². The fourth-order valence-corrected chi connectivity index (χ4v) is 4.43. The maximum Gasteiger partial charge on any atom is 0.330 e. The largest absolute Gasteiger partial charge is 0.460 e. The molecule has 0 unspecified atom stereocenters. The van der Waals surface area contributed by atoms with Gasteiger partial charge in [0.25, 0.3) is 10.1 Å². The lowest BCUT2D eigenvalue weighted by molar-refractivity contribution is -0.139. The van der Waals surface area contributed by atoms with Crippen molar-refractivity contribution in [1.29, 1.82) is 0 Å². The summed E-state index contributed by atoms with van der Waals surface area (Å²) < 4.78 is 93.5. The highest BCUT2D eigenvalue weighted by Gasteiger charge is 2.14. The van der Waals surface area contributed by atoms with Gasteiger partial charge in [-0.1, -0.05) is 24.3 Å². The Morgan fingerprint density at radius 3 is 1.00 bits per heavy atom. The summed E-state index contributed by atoms with van der Waals surface area (Å²) in [5.41, 5.74) is 0.971. The normalized spacial score (nSPS) is 11.6. The molecule has 0 bridgehead atoms. The molecule has 0 N–H and O–H groups in total. The second kappa shape index (κ2) is 35.0. The van der Waals surface area contributed by atoms with Crippen LogP contribution in [0.2, 0.25) is 0 Å². The molecule has 0 spiro atoms. The Labute approximate surface area is 302 Å². The zero-order valence-corrected chi connectivity index (χ0v) is 30.8. The number of benzene rings is 1. The lowest BCUT2D eigenvalue weighted by Crippen LogP contribution is -2.16. The number of rotatable bonds is 39. The minimum Gasteiger partial charge on any atom is -0.460 e. The van der Waals surface area contributed by atoms with Crippen LogP contribution < -0.4 is 0 Å². The highest BCUT2D eigenvalue weighted by Crippen LogP contribution is 2.12. The van der Waals surface area contributed by atoms with Crippen LogP contribution in [0.3, 0.4) is 0 Å². The molecule has 1 rings (SSSR count). The first-order valence-corrected chi connectivity index (χ1v) is 18.5. The van der Waals surface area contributed by atoms with E-state index in [9.17, 15) is 13.2 Å². The first-order valence-electron chi connectivity index (χ1n) is 17.1. The molecule has 0 saturated carbocycles. The molecule has 0 heterocycles. The molecule has 17 heteroatoms. The van der Waals surface area contributed by atoms with Crippen molar-refractivity contribution in [3.63, 3.8) is 0 Å². The SMILES string of the molecule is C=CC(=O)OCCOCCOCCOCCOCCOCCOCCOCCOCCOCCOCCOCCOS(=O)(=O)c1ccc(C)cc1. The van der Waals surface area contributed by atoms with Crippen molar-refractivity contribution in [3.8, 4) is 0 Å². The van der Waals surface area contributed by atoms with Crippen molar-refractivity contribution in [2.45, 2.75) is 11.8 Å². The van der Waals surface area contributed by atoms with E-state index in [2.05, 4.69) is 6.58 Å². The third kappa shape index (κ3) is 31.2. The summed E-state index contributed by atoms with van der Waals surface area (Å²) in [6.07, 6.45) is 1.11. The van der Waals surface area contributed by atoms with E-state index < -0.39 is 16.1 Å². The number of ether oxygens (including phenoxy) is 12. The molecule has 0 aliphatic carbocycles. The van der Waals surface area contributed by atoms with Gasteiger partial charge in [0.05, 0.1) is 157 Å². The Bertz CT molecular complexity index is 1040. The molecular formula is C34H58O16S. The first kappa shape index (κ1) is 46.9. The van der Waals surface area contributed by atoms with Crippen LogP contribution in [0.5, 0.6) is 0 Å². The van der Waals surface area contributed by atoms with Gasteiger partial charge in [-0.15, -0.1) is 0 Å². The number of carbonyl (C=O) groups excluding carboxylic acids is 1. The Kier molecular flexibility index (Phi) is 32.2. The molecule has 16 nitrogen and oxygen atoms in total. The number of carbonyl (C=O) groups is 1. The van der Waals surface area contributed by atoms with Gasteiger partial charge in [0.1, 0.15) is 6.61 Å². The van der Waals surface area contributed by atoms with E-state index in [0.717, 1.165) is 11.6 Å². The number of esters is 1. The van der Waals surface area contributed by atoms with Gasteiger partial charge in [-0.25, -0.2) is 4.79 Å². The number of aryl methyl sites for hydroxylation is 1. The van der Waals surface area contributed by atoms with Gasteiger partial charge in [-0.2, -0.15) is 8.42 Å². The predicted molar refractivity (Wildman–Crippen MR) is 184 cm³/mol. The number of hydrogen-bond acceptors (Lipinski definition) is 16. The van der Waals surface area contributed by atoms with E-state index in [1.54, 1.807) is 12.1 Å². The molecule has 1 aromatic carbocycles. The molecule has 296 valence electrons. The molecule has 1 aromatic rings. The summed E-state index contributed by atoms with van der Waals surface area (Å²) >= 11 is 0. The van der Waals surface area contributed by atoms with Crippen LogP contribution in [0, 0.1) is 6.92 Å². The molecular weight excluding hydrogens is 696 g/mol. The highest BCUT2D eigenvalue weighted by molar-refractivity contribution is 7.86. The average molecular weight is 755 g/mol. The van der Waals surface area contributed by atoms with Crippen molar-refractivity contribution in [2.75, 3.05) is 159 Å². The molecule has 0 fully saturated rings. The molecule has 51 heavy (non-hydrogen) atoms. The second-order valence-electron chi connectivity index (χ2n) is 10.2. The fraction of sp³-hybridized carbons (Fsp3) is 0.735. The van der Waals surface area contributed by atoms with Crippen LogP contribution >= 0.6 is 0 Å². The summed E-state index contributed by atoms with van der Waals surface area (Å²) in [6, 6.07) is 6.47. The molecule has 0 radical (unpaired) electrons. The zero-order valence-electron chi connectivity index (χ0n) is 30.0. The third-order valence-corrected chi connectivity index (χ3v) is 7.46. The lowest BCUT2D eigenvalue weighted by atomic mass is 10.2.